The summed E-state index contributed by atoms with van der Waals surface area (Å²) in [5, 5.41) is 1.95. The standard InChI is InChI=1S/C23H28FN3O4S2/c1-17(28)18-4-5-22(21(24)13-18)26-9-7-25(8-10-26)15-23(29)27(14-20-3-2-11-32-20)19-6-12-33(30,31)16-19/h2-5,11,13,19H,6-10,12,14-16H2,1H3/t19-/m0/s1. The Kier molecular flexibility index (Phi) is 7.16. The number of anilines is 1. The molecule has 1 atom stereocenters. The molecule has 1 aromatic heterocycles. The molecule has 1 amide bonds. The summed E-state index contributed by atoms with van der Waals surface area (Å²) in [5.41, 5.74) is 0.807. The molecule has 1 aromatic carbocycles. The zero-order chi connectivity index (χ0) is 23.6. The number of hydrogen-bond acceptors (Lipinski definition) is 7. The van der Waals surface area contributed by atoms with Crippen LogP contribution in [0.15, 0.2) is 35.7 Å². The first-order valence-electron chi connectivity index (χ1n) is 11.0. The van der Waals surface area contributed by atoms with Gasteiger partial charge in [-0.25, -0.2) is 12.8 Å². The molecule has 0 N–H and O–H groups in total. The molecule has 0 bridgehead atoms. The molecule has 7 nitrogen and oxygen atoms in total. The van der Waals surface area contributed by atoms with Crippen LogP contribution >= 0.6 is 11.3 Å². The van der Waals surface area contributed by atoms with Crippen LogP contribution in [0.25, 0.3) is 0 Å². The molecule has 0 spiro atoms. The van der Waals surface area contributed by atoms with Gasteiger partial charge in [-0.1, -0.05) is 6.07 Å². The van der Waals surface area contributed by atoms with Crippen molar-refractivity contribution < 1.29 is 22.4 Å². The van der Waals surface area contributed by atoms with Gasteiger partial charge in [0.25, 0.3) is 0 Å². The van der Waals surface area contributed by atoms with Crippen molar-refractivity contribution in [1.82, 2.24) is 9.80 Å². The van der Waals surface area contributed by atoms with Crippen LogP contribution < -0.4 is 4.90 Å². The minimum absolute atomic E-state index is 0.0213. The first kappa shape index (κ1) is 23.8. The summed E-state index contributed by atoms with van der Waals surface area (Å²) in [4.78, 5) is 31.4. The van der Waals surface area contributed by atoms with Crippen LogP contribution in [0.3, 0.4) is 0 Å². The predicted molar refractivity (Wildman–Crippen MR) is 127 cm³/mol. The van der Waals surface area contributed by atoms with E-state index in [-0.39, 0.29) is 35.8 Å². The smallest absolute Gasteiger partial charge is 0.237 e. The summed E-state index contributed by atoms with van der Waals surface area (Å²) in [5.74, 6) is -0.523. The van der Waals surface area contributed by atoms with Crippen molar-refractivity contribution in [3.05, 3.63) is 52.0 Å². The van der Waals surface area contributed by atoms with Crippen molar-refractivity contribution in [3.63, 3.8) is 0 Å². The number of amides is 1. The van der Waals surface area contributed by atoms with E-state index in [4.69, 9.17) is 0 Å². The SMILES string of the molecule is CC(=O)c1ccc(N2CCN(CC(=O)N(Cc3cccs3)[C@H]3CCS(=O)(=O)C3)CC2)c(F)c1. The molecule has 0 unspecified atom stereocenters. The maximum atomic E-state index is 14.5. The molecule has 33 heavy (non-hydrogen) atoms. The number of Topliss-reactive ketones (excluding diaryl/α,β-unsaturated/α-hetero) is 1. The molecule has 2 fully saturated rings. The van der Waals surface area contributed by atoms with Gasteiger partial charge in [-0.15, -0.1) is 11.3 Å². The number of ketones is 1. The third-order valence-electron chi connectivity index (χ3n) is 6.30. The number of benzene rings is 1. The first-order valence-corrected chi connectivity index (χ1v) is 13.7. The molecule has 2 aromatic rings. The second-order valence-corrected chi connectivity index (χ2v) is 11.9. The van der Waals surface area contributed by atoms with Crippen LogP contribution in [0.2, 0.25) is 0 Å². The van der Waals surface area contributed by atoms with E-state index in [0.29, 0.717) is 50.4 Å². The van der Waals surface area contributed by atoms with Crippen LogP contribution in [-0.2, 0) is 21.2 Å². The molecule has 0 radical (unpaired) electrons. The largest absolute Gasteiger partial charge is 0.367 e. The highest BCUT2D eigenvalue weighted by atomic mass is 32.2. The number of carbonyl (C=O) groups excluding carboxylic acids is 2. The second kappa shape index (κ2) is 9.90. The fourth-order valence-electron chi connectivity index (χ4n) is 4.42. The number of nitrogens with zero attached hydrogens (tertiary/aromatic N) is 3. The average molecular weight is 494 g/mol. The van der Waals surface area contributed by atoms with Gasteiger partial charge in [0.05, 0.1) is 30.3 Å². The fraction of sp³-hybridized carbons (Fsp3) is 0.478. The molecule has 2 aliphatic rings. The lowest BCUT2D eigenvalue weighted by Gasteiger charge is -2.37. The van der Waals surface area contributed by atoms with Crippen molar-refractivity contribution in [2.24, 2.45) is 0 Å². The summed E-state index contributed by atoms with van der Waals surface area (Å²) in [6, 6.07) is 8.13. The van der Waals surface area contributed by atoms with Gasteiger partial charge in [-0.3, -0.25) is 14.5 Å². The Morgan fingerprint density at radius 2 is 1.94 bits per heavy atom. The highest BCUT2D eigenvalue weighted by Gasteiger charge is 2.35. The zero-order valence-corrected chi connectivity index (χ0v) is 20.2. The Hall–Kier alpha value is -2.30. The Bertz CT molecular complexity index is 1110. The van der Waals surface area contributed by atoms with Crippen molar-refractivity contribution in [2.45, 2.75) is 25.9 Å². The molecule has 10 heteroatoms. The van der Waals surface area contributed by atoms with Gasteiger partial charge in [0, 0.05) is 42.7 Å². The second-order valence-electron chi connectivity index (χ2n) is 8.64. The van der Waals surface area contributed by atoms with E-state index in [1.165, 1.54) is 13.0 Å². The Labute approximate surface area is 197 Å². The van der Waals surface area contributed by atoms with Gasteiger partial charge in [-0.2, -0.15) is 0 Å². The van der Waals surface area contributed by atoms with Crippen LogP contribution in [-0.4, -0.2) is 80.2 Å². The molecule has 0 aliphatic carbocycles. The minimum atomic E-state index is -3.10. The quantitative estimate of drug-likeness (QED) is 0.552. The summed E-state index contributed by atoms with van der Waals surface area (Å²) in [6.07, 6.45) is 0.475. The van der Waals surface area contributed by atoms with Crippen LogP contribution in [0.4, 0.5) is 10.1 Å². The van der Waals surface area contributed by atoms with E-state index in [9.17, 15) is 22.4 Å². The molecule has 2 aliphatic heterocycles. The van der Waals surface area contributed by atoms with Crippen LogP contribution in [0, 0.1) is 5.82 Å². The summed E-state index contributed by atoms with van der Waals surface area (Å²) >= 11 is 1.56. The third kappa shape index (κ3) is 5.80. The molecule has 4 rings (SSSR count). The summed E-state index contributed by atoms with van der Waals surface area (Å²) in [7, 11) is -3.10. The summed E-state index contributed by atoms with van der Waals surface area (Å²) in [6.45, 7) is 4.35. The average Bonchev–Trinajstić information content (AvgIpc) is 3.41. The van der Waals surface area contributed by atoms with Gasteiger partial charge in [0.1, 0.15) is 5.82 Å². The van der Waals surface area contributed by atoms with E-state index in [1.54, 1.807) is 28.4 Å². The molecule has 178 valence electrons. The lowest BCUT2D eigenvalue weighted by atomic mass is 10.1. The van der Waals surface area contributed by atoms with Gasteiger partial charge < -0.3 is 9.80 Å². The van der Waals surface area contributed by atoms with E-state index >= 15 is 0 Å². The number of rotatable bonds is 7. The monoisotopic (exact) mass is 493 g/mol. The predicted octanol–water partition coefficient (Wildman–Crippen LogP) is 2.43. The number of halogens is 1. The Balaban J connectivity index is 1.38. The van der Waals surface area contributed by atoms with Gasteiger partial charge in [-0.05, 0) is 43.0 Å². The maximum absolute atomic E-state index is 14.5. The van der Waals surface area contributed by atoms with Crippen LogP contribution in [0.1, 0.15) is 28.6 Å². The Morgan fingerprint density at radius 3 is 2.52 bits per heavy atom. The van der Waals surface area contributed by atoms with Crippen molar-refractivity contribution >= 4 is 38.6 Å². The number of carbonyl (C=O) groups is 2. The lowest BCUT2D eigenvalue weighted by Crippen LogP contribution is -2.51. The first-order chi connectivity index (χ1) is 15.7. The molecule has 0 saturated carbocycles. The highest BCUT2D eigenvalue weighted by molar-refractivity contribution is 7.91. The molecular formula is C23H28FN3O4S2. The molecule has 3 heterocycles. The number of thiophene rings is 1. The molecular weight excluding hydrogens is 465 g/mol. The maximum Gasteiger partial charge on any atom is 0.237 e. The van der Waals surface area contributed by atoms with Crippen molar-refractivity contribution in [1.29, 1.82) is 0 Å². The van der Waals surface area contributed by atoms with E-state index < -0.39 is 15.7 Å². The fourth-order valence-corrected chi connectivity index (χ4v) is 6.86. The Morgan fingerprint density at radius 1 is 1.18 bits per heavy atom. The van der Waals surface area contributed by atoms with Crippen molar-refractivity contribution in [3.8, 4) is 0 Å². The normalized spacial score (nSPS) is 20.7. The van der Waals surface area contributed by atoms with Crippen LogP contribution in [0.5, 0.6) is 0 Å². The number of sulfone groups is 1. The van der Waals surface area contributed by atoms with Crippen molar-refractivity contribution in [2.75, 3.05) is 49.1 Å². The van der Waals surface area contributed by atoms with E-state index in [2.05, 4.69) is 0 Å². The summed E-state index contributed by atoms with van der Waals surface area (Å²) < 4.78 is 38.5. The third-order valence-corrected chi connectivity index (χ3v) is 8.91. The molecule has 2 saturated heterocycles. The lowest BCUT2D eigenvalue weighted by molar-refractivity contribution is -0.135. The highest BCUT2D eigenvalue weighted by Crippen LogP contribution is 2.24. The van der Waals surface area contributed by atoms with Gasteiger partial charge in [0.15, 0.2) is 15.6 Å². The number of hydrogen-bond donors (Lipinski definition) is 0. The topological polar surface area (TPSA) is 78.0 Å². The zero-order valence-electron chi connectivity index (χ0n) is 18.6. The van der Waals surface area contributed by atoms with E-state index in [1.807, 2.05) is 27.3 Å². The number of piperazine rings is 1. The van der Waals surface area contributed by atoms with E-state index in [0.717, 1.165) is 4.88 Å². The minimum Gasteiger partial charge on any atom is -0.367 e. The van der Waals surface area contributed by atoms with Gasteiger partial charge in [0.2, 0.25) is 5.91 Å². The van der Waals surface area contributed by atoms with Gasteiger partial charge >= 0.3 is 0 Å².